The van der Waals surface area contributed by atoms with Crippen LogP contribution in [0, 0.1) is 0 Å². The Hall–Kier alpha value is -2.64. The van der Waals surface area contributed by atoms with Crippen LogP contribution >= 0.6 is 0 Å². The molecule has 1 amide bonds. The van der Waals surface area contributed by atoms with Crippen LogP contribution in [0.15, 0.2) is 47.5 Å². The third-order valence-electron chi connectivity index (χ3n) is 5.92. The molecule has 2 aliphatic heterocycles. The summed E-state index contributed by atoms with van der Waals surface area (Å²) >= 11 is 0. The number of nitrogens with one attached hydrogen (secondary N) is 1. The molecule has 160 valence electrons. The van der Waals surface area contributed by atoms with Crippen LogP contribution in [-0.4, -0.2) is 92.6 Å². The van der Waals surface area contributed by atoms with Crippen LogP contribution in [0.25, 0.3) is 10.8 Å². The number of piperazine rings is 1. The molecule has 2 saturated heterocycles. The van der Waals surface area contributed by atoms with Gasteiger partial charge in [0.1, 0.15) is 0 Å². The Labute approximate surface area is 178 Å². The molecular formula is C23H31N5O2. The molecule has 0 aliphatic carbocycles. The number of nitrogens with zero attached hydrogens (tertiary/aromatic N) is 4. The minimum atomic E-state index is 0.213. The average Bonchev–Trinajstić information content (AvgIpc) is 2.81. The summed E-state index contributed by atoms with van der Waals surface area (Å²) in [5, 5.41) is 6.05. The van der Waals surface area contributed by atoms with Gasteiger partial charge in [0.25, 0.3) is 0 Å². The standard InChI is InChI=1S/C23H31N5O2/c1-24-23(25-17-20-7-4-6-19-5-2-3-8-21(19)20)28-11-9-26(10-12-28)18-22(29)27-13-15-30-16-14-27/h2-8H,9-18H2,1H3,(H,24,25). The highest BCUT2D eigenvalue weighted by molar-refractivity contribution is 5.86. The first-order chi connectivity index (χ1) is 14.7. The lowest BCUT2D eigenvalue weighted by atomic mass is 10.0. The number of benzene rings is 2. The van der Waals surface area contributed by atoms with Gasteiger partial charge in [-0.05, 0) is 16.3 Å². The van der Waals surface area contributed by atoms with Crippen molar-refractivity contribution in [1.82, 2.24) is 20.0 Å². The Kier molecular flexibility index (Phi) is 6.81. The van der Waals surface area contributed by atoms with Crippen molar-refractivity contribution in [2.75, 3.05) is 66.1 Å². The number of hydrogen-bond acceptors (Lipinski definition) is 4. The second kappa shape index (κ2) is 9.91. The molecule has 0 spiro atoms. The SMILES string of the molecule is CN=C(NCc1cccc2ccccc12)N1CCN(CC(=O)N2CCOCC2)CC1. The lowest BCUT2D eigenvalue weighted by Gasteiger charge is -2.37. The number of carbonyl (C=O) groups is 1. The average molecular weight is 410 g/mol. The third kappa shape index (κ3) is 4.91. The Morgan fingerprint density at radius 2 is 1.70 bits per heavy atom. The van der Waals surface area contributed by atoms with Gasteiger partial charge in [0.15, 0.2) is 5.96 Å². The lowest BCUT2D eigenvalue weighted by Crippen LogP contribution is -2.54. The van der Waals surface area contributed by atoms with Crippen LogP contribution in [0.3, 0.4) is 0 Å². The highest BCUT2D eigenvalue weighted by atomic mass is 16.5. The second-order valence-electron chi connectivity index (χ2n) is 7.80. The number of amides is 1. The number of rotatable bonds is 4. The summed E-state index contributed by atoms with van der Waals surface area (Å²) in [5.74, 6) is 1.13. The number of fused-ring (bicyclic) bond motifs is 1. The van der Waals surface area contributed by atoms with Gasteiger partial charge in [-0.25, -0.2) is 0 Å². The van der Waals surface area contributed by atoms with Crippen LogP contribution in [0.1, 0.15) is 5.56 Å². The zero-order valence-electron chi connectivity index (χ0n) is 17.7. The van der Waals surface area contributed by atoms with E-state index in [1.165, 1.54) is 16.3 Å². The maximum atomic E-state index is 12.5. The van der Waals surface area contributed by atoms with Gasteiger partial charge in [-0.1, -0.05) is 42.5 Å². The maximum absolute atomic E-state index is 12.5. The summed E-state index contributed by atoms with van der Waals surface area (Å²) in [6.45, 7) is 7.43. The van der Waals surface area contributed by atoms with Gasteiger partial charge in [-0.3, -0.25) is 14.7 Å². The molecule has 0 unspecified atom stereocenters. The smallest absolute Gasteiger partial charge is 0.236 e. The van der Waals surface area contributed by atoms with Gasteiger partial charge in [-0.15, -0.1) is 0 Å². The van der Waals surface area contributed by atoms with Crippen LogP contribution in [0.5, 0.6) is 0 Å². The van der Waals surface area contributed by atoms with E-state index in [2.05, 4.69) is 62.6 Å². The molecule has 30 heavy (non-hydrogen) atoms. The van der Waals surface area contributed by atoms with Crippen LogP contribution in [-0.2, 0) is 16.1 Å². The minimum absolute atomic E-state index is 0.213. The summed E-state index contributed by atoms with van der Waals surface area (Å²) in [6.07, 6.45) is 0. The molecule has 2 aromatic rings. The van der Waals surface area contributed by atoms with Gasteiger partial charge in [0.05, 0.1) is 19.8 Å². The van der Waals surface area contributed by atoms with Gasteiger partial charge in [0, 0.05) is 52.9 Å². The predicted octanol–water partition coefficient (Wildman–Crippen LogP) is 1.39. The summed E-state index contributed by atoms with van der Waals surface area (Å²) in [5.41, 5.74) is 1.27. The topological polar surface area (TPSA) is 60.4 Å². The van der Waals surface area contributed by atoms with Gasteiger partial charge < -0.3 is 19.9 Å². The maximum Gasteiger partial charge on any atom is 0.236 e. The van der Waals surface area contributed by atoms with Crippen molar-refractivity contribution in [2.45, 2.75) is 6.54 Å². The Morgan fingerprint density at radius 1 is 0.967 bits per heavy atom. The van der Waals surface area contributed by atoms with E-state index >= 15 is 0 Å². The van der Waals surface area contributed by atoms with Crippen molar-refractivity contribution in [3.05, 3.63) is 48.0 Å². The van der Waals surface area contributed by atoms with Crippen molar-refractivity contribution in [3.8, 4) is 0 Å². The fraction of sp³-hybridized carbons (Fsp3) is 0.478. The number of carbonyl (C=O) groups excluding carboxylic acids is 1. The number of hydrogen-bond donors (Lipinski definition) is 1. The molecule has 0 aromatic heterocycles. The van der Waals surface area contributed by atoms with E-state index in [0.717, 1.165) is 38.7 Å². The summed E-state index contributed by atoms with van der Waals surface area (Å²) in [6, 6.07) is 14.9. The molecule has 4 rings (SSSR count). The van der Waals surface area contributed by atoms with Crippen LogP contribution in [0.4, 0.5) is 0 Å². The zero-order chi connectivity index (χ0) is 20.8. The van der Waals surface area contributed by atoms with E-state index in [0.29, 0.717) is 32.8 Å². The Balaban J connectivity index is 1.28. The van der Waals surface area contributed by atoms with Gasteiger partial charge in [-0.2, -0.15) is 0 Å². The Morgan fingerprint density at radius 3 is 2.47 bits per heavy atom. The van der Waals surface area contributed by atoms with E-state index in [-0.39, 0.29) is 5.91 Å². The molecule has 0 atom stereocenters. The zero-order valence-corrected chi connectivity index (χ0v) is 17.7. The molecule has 2 aromatic carbocycles. The number of morpholine rings is 1. The van der Waals surface area contributed by atoms with Crippen LogP contribution in [0.2, 0.25) is 0 Å². The normalized spacial score (nSPS) is 18.6. The summed E-state index contributed by atoms with van der Waals surface area (Å²) in [7, 11) is 1.83. The monoisotopic (exact) mass is 409 g/mol. The number of aliphatic imine (C=N–C) groups is 1. The summed E-state index contributed by atoms with van der Waals surface area (Å²) in [4.78, 5) is 23.4. The van der Waals surface area contributed by atoms with Crippen molar-refractivity contribution in [2.24, 2.45) is 4.99 Å². The highest BCUT2D eigenvalue weighted by Crippen LogP contribution is 2.18. The fourth-order valence-electron chi connectivity index (χ4n) is 4.18. The van der Waals surface area contributed by atoms with E-state index in [4.69, 9.17) is 4.74 Å². The lowest BCUT2D eigenvalue weighted by molar-refractivity contribution is -0.136. The first-order valence-electron chi connectivity index (χ1n) is 10.7. The van der Waals surface area contributed by atoms with Crippen molar-refractivity contribution in [3.63, 3.8) is 0 Å². The molecule has 0 radical (unpaired) electrons. The molecular weight excluding hydrogens is 378 g/mol. The largest absolute Gasteiger partial charge is 0.378 e. The highest BCUT2D eigenvalue weighted by Gasteiger charge is 2.24. The molecule has 2 aliphatic rings. The fourth-order valence-corrected chi connectivity index (χ4v) is 4.18. The van der Waals surface area contributed by atoms with Crippen molar-refractivity contribution >= 4 is 22.6 Å². The molecule has 1 N–H and O–H groups in total. The van der Waals surface area contributed by atoms with E-state index in [9.17, 15) is 4.79 Å². The van der Waals surface area contributed by atoms with Crippen LogP contribution < -0.4 is 5.32 Å². The number of ether oxygens (including phenoxy) is 1. The predicted molar refractivity (Wildman–Crippen MR) is 120 cm³/mol. The number of guanidine groups is 1. The van der Waals surface area contributed by atoms with Gasteiger partial charge in [0.2, 0.25) is 5.91 Å². The summed E-state index contributed by atoms with van der Waals surface area (Å²) < 4.78 is 5.34. The van der Waals surface area contributed by atoms with E-state index in [1.807, 2.05) is 11.9 Å². The molecule has 2 fully saturated rings. The minimum Gasteiger partial charge on any atom is -0.378 e. The molecule has 2 heterocycles. The van der Waals surface area contributed by atoms with Crippen molar-refractivity contribution in [1.29, 1.82) is 0 Å². The quantitative estimate of drug-likeness (QED) is 0.611. The third-order valence-corrected chi connectivity index (χ3v) is 5.92. The molecule has 7 nitrogen and oxygen atoms in total. The Bertz CT molecular complexity index is 881. The molecule has 7 heteroatoms. The first kappa shape index (κ1) is 20.6. The van der Waals surface area contributed by atoms with E-state index in [1.54, 1.807) is 0 Å². The van der Waals surface area contributed by atoms with E-state index < -0.39 is 0 Å². The first-order valence-corrected chi connectivity index (χ1v) is 10.7. The molecule has 0 saturated carbocycles. The van der Waals surface area contributed by atoms with Gasteiger partial charge >= 0.3 is 0 Å². The molecule has 0 bridgehead atoms. The van der Waals surface area contributed by atoms with Crippen molar-refractivity contribution < 1.29 is 9.53 Å². The second-order valence-corrected chi connectivity index (χ2v) is 7.80.